The van der Waals surface area contributed by atoms with E-state index in [1.807, 2.05) is 61.2 Å². The number of hydrogen-bond donors (Lipinski definition) is 0. The minimum absolute atomic E-state index is 0.0519. The third-order valence-electron chi connectivity index (χ3n) is 4.51. The molecular weight excluding hydrogens is 378 g/mol. The highest BCUT2D eigenvalue weighted by Gasteiger charge is 2.36. The van der Waals surface area contributed by atoms with E-state index in [4.69, 9.17) is 16.3 Å². The lowest BCUT2D eigenvalue weighted by atomic mass is 10.0. The number of hydrogen-bond acceptors (Lipinski definition) is 3. The molecule has 3 aromatic carbocycles. The summed E-state index contributed by atoms with van der Waals surface area (Å²) in [4.78, 5) is 14.6. The maximum atomic E-state index is 12.7. The van der Waals surface area contributed by atoms with Crippen LogP contribution in [0.1, 0.15) is 24.8 Å². The van der Waals surface area contributed by atoms with Gasteiger partial charge in [-0.1, -0.05) is 41.9 Å². The number of anilines is 1. The van der Waals surface area contributed by atoms with Gasteiger partial charge in [0.15, 0.2) is 0 Å². The van der Waals surface area contributed by atoms with Gasteiger partial charge in [0.05, 0.1) is 11.9 Å². The standard InChI is InChI=1S/C22H20ClNO2S/c1-14(2)26-19-12-7-15-5-3-4-6-18(15)21(19)22-24(20(25)13-27-22)17-10-8-16(23)9-11-17/h3-12,14,22H,13H2,1-2H3/t22-/m0/s1. The van der Waals surface area contributed by atoms with Crippen molar-refractivity contribution in [1.82, 2.24) is 0 Å². The summed E-state index contributed by atoms with van der Waals surface area (Å²) in [5.41, 5.74) is 1.90. The maximum Gasteiger partial charge on any atom is 0.238 e. The molecule has 27 heavy (non-hydrogen) atoms. The Morgan fingerprint density at radius 2 is 1.81 bits per heavy atom. The zero-order valence-electron chi connectivity index (χ0n) is 15.2. The van der Waals surface area contributed by atoms with Crippen LogP contribution in [0.15, 0.2) is 60.7 Å². The number of ether oxygens (including phenoxy) is 1. The number of carbonyl (C=O) groups excluding carboxylic acids is 1. The summed E-state index contributed by atoms with van der Waals surface area (Å²) in [5, 5.41) is 2.77. The van der Waals surface area contributed by atoms with Crippen LogP contribution >= 0.6 is 23.4 Å². The second kappa shape index (κ2) is 7.45. The third-order valence-corrected chi connectivity index (χ3v) is 5.94. The summed E-state index contributed by atoms with van der Waals surface area (Å²) >= 11 is 7.67. The molecule has 1 atom stereocenters. The van der Waals surface area contributed by atoms with Crippen molar-refractivity contribution in [3.63, 3.8) is 0 Å². The molecule has 0 saturated carbocycles. The molecule has 0 spiro atoms. The first kappa shape index (κ1) is 18.2. The Labute approximate surface area is 168 Å². The second-order valence-corrected chi connectivity index (χ2v) is 8.27. The summed E-state index contributed by atoms with van der Waals surface area (Å²) in [6, 6.07) is 19.8. The average Bonchev–Trinajstić information content (AvgIpc) is 3.03. The van der Waals surface area contributed by atoms with E-state index in [0.717, 1.165) is 27.8 Å². The molecule has 5 heteroatoms. The number of benzene rings is 3. The molecule has 0 bridgehead atoms. The van der Waals surface area contributed by atoms with Gasteiger partial charge >= 0.3 is 0 Å². The van der Waals surface area contributed by atoms with E-state index >= 15 is 0 Å². The molecule has 4 rings (SSSR count). The van der Waals surface area contributed by atoms with Crippen LogP contribution in [0, 0.1) is 0 Å². The highest BCUT2D eigenvalue weighted by molar-refractivity contribution is 8.00. The van der Waals surface area contributed by atoms with Crippen LogP contribution in [0.4, 0.5) is 5.69 Å². The van der Waals surface area contributed by atoms with E-state index in [9.17, 15) is 4.79 Å². The number of carbonyl (C=O) groups is 1. The first-order chi connectivity index (χ1) is 13.0. The molecule has 1 aliphatic rings. The number of nitrogens with zero attached hydrogens (tertiary/aromatic N) is 1. The Hall–Kier alpha value is -2.17. The van der Waals surface area contributed by atoms with E-state index in [1.165, 1.54) is 0 Å². The predicted octanol–water partition coefficient (Wildman–Crippen LogP) is 6.06. The Bertz CT molecular complexity index is 987. The number of thioether (sulfide) groups is 1. The lowest BCUT2D eigenvalue weighted by molar-refractivity contribution is -0.115. The van der Waals surface area contributed by atoms with E-state index < -0.39 is 0 Å². The van der Waals surface area contributed by atoms with Crippen molar-refractivity contribution in [2.45, 2.75) is 25.3 Å². The van der Waals surface area contributed by atoms with E-state index in [0.29, 0.717) is 10.8 Å². The summed E-state index contributed by atoms with van der Waals surface area (Å²) in [6.07, 6.45) is 0.0519. The van der Waals surface area contributed by atoms with E-state index in [-0.39, 0.29) is 17.4 Å². The Balaban J connectivity index is 1.88. The molecule has 3 nitrogen and oxygen atoms in total. The van der Waals surface area contributed by atoms with Crippen molar-refractivity contribution in [3.8, 4) is 5.75 Å². The number of rotatable bonds is 4. The summed E-state index contributed by atoms with van der Waals surface area (Å²) in [6.45, 7) is 4.03. The zero-order valence-corrected chi connectivity index (χ0v) is 16.8. The molecule has 1 aliphatic heterocycles. The zero-order chi connectivity index (χ0) is 19.0. The SMILES string of the molecule is CC(C)Oc1ccc2ccccc2c1[C@@H]1SCC(=O)N1c1ccc(Cl)cc1. The van der Waals surface area contributed by atoms with Gasteiger partial charge in [-0.15, -0.1) is 11.8 Å². The van der Waals surface area contributed by atoms with Gasteiger partial charge in [0.25, 0.3) is 0 Å². The van der Waals surface area contributed by atoms with Gasteiger partial charge in [-0.2, -0.15) is 0 Å². The first-order valence-corrected chi connectivity index (χ1v) is 10.3. The van der Waals surface area contributed by atoms with Crippen LogP contribution in [0.5, 0.6) is 5.75 Å². The highest BCUT2D eigenvalue weighted by atomic mass is 35.5. The smallest absolute Gasteiger partial charge is 0.238 e. The van der Waals surface area contributed by atoms with Crippen LogP contribution in [-0.4, -0.2) is 17.8 Å². The van der Waals surface area contributed by atoms with Gasteiger partial charge in [-0.3, -0.25) is 9.69 Å². The van der Waals surface area contributed by atoms with Crippen LogP contribution in [0.2, 0.25) is 5.02 Å². The van der Waals surface area contributed by atoms with Crippen LogP contribution < -0.4 is 9.64 Å². The van der Waals surface area contributed by atoms with Crippen molar-refractivity contribution in [2.24, 2.45) is 0 Å². The topological polar surface area (TPSA) is 29.5 Å². The molecule has 3 aromatic rings. The van der Waals surface area contributed by atoms with Crippen molar-refractivity contribution in [3.05, 3.63) is 71.2 Å². The second-order valence-electron chi connectivity index (χ2n) is 6.77. The highest BCUT2D eigenvalue weighted by Crippen LogP contribution is 2.47. The van der Waals surface area contributed by atoms with Gasteiger partial charge in [0, 0.05) is 16.3 Å². The third kappa shape index (κ3) is 3.52. The molecule has 1 amide bonds. The Morgan fingerprint density at radius 1 is 1.07 bits per heavy atom. The molecule has 0 aliphatic carbocycles. The lowest BCUT2D eigenvalue weighted by Gasteiger charge is -2.27. The first-order valence-electron chi connectivity index (χ1n) is 8.92. The normalized spacial score (nSPS) is 17.1. The molecule has 0 unspecified atom stereocenters. The van der Waals surface area contributed by atoms with Gasteiger partial charge in [-0.05, 0) is 55.0 Å². The van der Waals surface area contributed by atoms with Crippen molar-refractivity contribution in [1.29, 1.82) is 0 Å². The van der Waals surface area contributed by atoms with Gasteiger partial charge in [0.1, 0.15) is 11.1 Å². The molecule has 1 saturated heterocycles. The number of fused-ring (bicyclic) bond motifs is 1. The monoisotopic (exact) mass is 397 g/mol. The van der Waals surface area contributed by atoms with Crippen molar-refractivity contribution < 1.29 is 9.53 Å². The molecular formula is C22H20ClNO2S. The van der Waals surface area contributed by atoms with E-state index in [1.54, 1.807) is 11.8 Å². The fraction of sp³-hybridized carbons (Fsp3) is 0.227. The molecule has 0 N–H and O–H groups in total. The Kier molecular flexibility index (Phi) is 5.02. The average molecular weight is 398 g/mol. The summed E-state index contributed by atoms with van der Waals surface area (Å²) < 4.78 is 6.13. The summed E-state index contributed by atoms with van der Waals surface area (Å²) in [5.74, 6) is 1.36. The number of amides is 1. The van der Waals surface area contributed by atoms with E-state index in [2.05, 4.69) is 18.2 Å². The largest absolute Gasteiger partial charge is 0.491 e. The van der Waals surface area contributed by atoms with Crippen LogP contribution in [0.3, 0.4) is 0 Å². The van der Waals surface area contributed by atoms with Crippen molar-refractivity contribution in [2.75, 3.05) is 10.7 Å². The fourth-order valence-electron chi connectivity index (χ4n) is 3.41. The van der Waals surface area contributed by atoms with Crippen molar-refractivity contribution >= 4 is 45.7 Å². The molecule has 0 aromatic heterocycles. The quantitative estimate of drug-likeness (QED) is 0.536. The fourth-order valence-corrected chi connectivity index (χ4v) is 4.77. The minimum atomic E-state index is -0.140. The van der Waals surface area contributed by atoms with Gasteiger partial charge in [0.2, 0.25) is 5.91 Å². The predicted molar refractivity (Wildman–Crippen MR) is 114 cm³/mol. The lowest BCUT2D eigenvalue weighted by Crippen LogP contribution is -2.28. The molecule has 1 fully saturated rings. The van der Waals surface area contributed by atoms with Gasteiger partial charge in [-0.25, -0.2) is 0 Å². The van der Waals surface area contributed by atoms with Gasteiger partial charge < -0.3 is 4.74 Å². The molecule has 138 valence electrons. The van der Waals surface area contributed by atoms with Crippen LogP contribution in [0.25, 0.3) is 10.8 Å². The molecule has 0 radical (unpaired) electrons. The summed E-state index contributed by atoms with van der Waals surface area (Å²) in [7, 11) is 0. The maximum absolute atomic E-state index is 12.7. The molecule has 1 heterocycles. The van der Waals surface area contributed by atoms with Crippen LogP contribution in [-0.2, 0) is 4.79 Å². The Morgan fingerprint density at radius 3 is 2.56 bits per heavy atom. The number of halogens is 1. The minimum Gasteiger partial charge on any atom is -0.491 e.